The highest BCUT2D eigenvalue weighted by atomic mass is 16.5. The number of amides is 1. The molecule has 0 aliphatic rings. The summed E-state index contributed by atoms with van der Waals surface area (Å²) in [5.41, 5.74) is 0.827. The second-order valence-electron chi connectivity index (χ2n) is 4.57. The van der Waals surface area contributed by atoms with Crippen molar-refractivity contribution in [3.63, 3.8) is 0 Å². The van der Waals surface area contributed by atoms with Gasteiger partial charge in [-0.3, -0.25) is 9.59 Å². The van der Waals surface area contributed by atoms with Crippen LogP contribution >= 0.6 is 0 Å². The van der Waals surface area contributed by atoms with Gasteiger partial charge in [-0.05, 0) is 30.2 Å². The Bertz CT molecular complexity index is 497. The first kappa shape index (κ1) is 16.8. The van der Waals surface area contributed by atoms with Crippen LogP contribution < -0.4 is 10.1 Å². The maximum absolute atomic E-state index is 11.4. The van der Waals surface area contributed by atoms with Gasteiger partial charge in [-0.25, -0.2) is 0 Å². The van der Waals surface area contributed by atoms with E-state index in [1.165, 1.54) is 6.08 Å². The summed E-state index contributed by atoms with van der Waals surface area (Å²) >= 11 is 0. The number of benzene rings is 1. The summed E-state index contributed by atoms with van der Waals surface area (Å²) in [6, 6.07) is 7.41. The molecule has 5 nitrogen and oxygen atoms in total. The second kappa shape index (κ2) is 9.58. The van der Waals surface area contributed by atoms with Crippen LogP contribution in [0.3, 0.4) is 0 Å². The molecule has 114 valence electrons. The normalized spacial score (nSPS) is 10.5. The average molecular weight is 291 g/mol. The van der Waals surface area contributed by atoms with Gasteiger partial charge in [0.2, 0.25) is 5.91 Å². The van der Waals surface area contributed by atoms with E-state index in [9.17, 15) is 9.59 Å². The fraction of sp³-hybridized carbons (Fsp3) is 0.375. The van der Waals surface area contributed by atoms with Gasteiger partial charge in [0.15, 0.2) is 0 Å². The van der Waals surface area contributed by atoms with Crippen LogP contribution in [-0.4, -0.2) is 30.1 Å². The van der Waals surface area contributed by atoms with Crippen LogP contribution in [-0.2, 0) is 9.59 Å². The third-order valence-electron chi connectivity index (χ3n) is 2.72. The van der Waals surface area contributed by atoms with Crippen LogP contribution in [0.5, 0.6) is 5.75 Å². The number of carboxylic acids is 1. The summed E-state index contributed by atoms with van der Waals surface area (Å²) in [5, 5.41) is 10.7. The molecule has 5 heteroatoms. The monoisotopic (exact) mass is 291 g/mol. The quantitative estimate of drug-likeness (QED) is 0.541. The van der Waals surface area contributed by atoms with Crippen molar-refractivity contribution in [3.8, 4) is 5.75 Å². The highest BCUT2D eigenvalue weighted by Crippen LogP contribution is 2.15. The van der Waals surface area contributed by atoms with Crippen molar-refractivity contribution in [3.05, 3.63) is 35.9 Å². The van der Waals surface area contributed by atoms with Crippen LogP contribution in [0.2, 0.25) is 0 Å². The van der Waals surface area contributed by atoms with Gasteiger partial charge >= 0.3 is 5.97 Å². The lowest BCUT2D eigenvalue weighted by Crippen LogP contribution is -2.27. The molecule has 0 aliphatic carbocycles. The van der Waals surface area contributed by atoms with Crippen molar-refractivity contribution in [2.45, 2.75) is 26.2 Å². The number of hydrogen-bond acceptors (Lipinski definition) is 3. The van der Waals surface area contributed by atoms with E-state index >= 15 is 0 Å². The van der Waals surface area contributed by atoms with Gasteiger partial charge < -0.3 is 15.2 Å². The number of carbonyl (C=O) groups excluding carboxylic acids is 1. The zero-order chi connectivity index (χ0) is 15.5. The van der Waals surface area contributed by atoms with E-state index in [0.29, 0.717) is 6.61 Å². The lowest BCUT2D eigenvalue weighted by Gasteiger charge is -2.06. The summed E-state index contributed by atoms with van der Waals surface area (Å²) in [5.74, 6) is -0.745. The van der Waals surface area contributed by atoms with E-state index in [2.05, 4.69) is 12.2 Å². The predicted molar refractivity (Wildman–Crippen MR) is 81.1 cm³/mol. The van der Waals surface area contributed by atoms with Crippen molar-refractivity contribution < 1.29 is 19.4 Å². The molecule has 0 saturated carbocycles. The Morgan fingerprint density at radius 2 is 2.14 bits per heavy atom. The van der Waals surface area contributed by atoms with Crippen molar-refractivity contribution >= 4 is 18.0 Å². The summed E-state index contributed by atoms with van der Waals surface area (Å²) in [7, 11) is 0. The fourth-order valence-corrected chi connectivity index (χ4v) is 1.64. The van der Waals surface area contributed by atoms with E-state index < -0.39 is 11.9 Å². The smallest absolute Gasteiger partial charge is 0.322 e. The Labute approximate surface area is 124 Å². The lowest BCUT2D eigenvalue weighted by molar-refractivity contribution is -0.137. The molecule has 21 heavy (non-hydrogen) atoms. The molecule has 1 amide bonds. The molecule has 0 bridgehead atoms. The minimum absolute atomic E-state index is 0.385. The first-order chi connectivity index (χ1) is 10.1. The van der Waals surface area contributed by atoms with E-state index in [4.69, 9.17) is 9.84 Å². The molecule has 0 fully saturated rings. The zero-order valence-electron chi connectivity index (χ0n) is 12.2. The molecule has 0 aliphatic heterocycles. The zero-order valence-corrected chi connectivity index (χ0v) is 12.2. The molecular weight excluding hydrogens is 270 g/mol. The van der Waals surface area contributed by atoms with E-state index in [1.807, 2.05) is 24.3 Å². The van der Waals surface area contributed by atoms with Crippen LogP contribution in [0.15, 0.2) is 30.3 Å². The van der Waals surface area contributed by atoms with E-state index in [1.54, 1.807) is 6.08 Å². The third kappa shape index (κ3) is 7.77. The summed E-state index contributed by atoms with van der Waals surface area (Å²) < 4.78 is 5.62. The molecule has 0 aromatic heterocycles. The van der Waals surface area contributed by atoms with Crippen LogP contribution in [0.25, 0.3) is 6.08 Å². The standard InChI is InChI=1S/C16H21NO4/c1-2-3-4-10-21-14-7-5-6-13(11-14)8-9-15(18)17-12-16(19)20/h5-9,11H,2-4,10,12H2,1H3,(H,17,18)(H,19,20)/b9-8+. The molecule has 0 saturated heterocycles. The Balaban J connectivity index is 2.47. The number of rotatable bonds is 9. The molecular formula is C16H21NO4. The number of carbonyl (C=O) groups is 2. The first-order valence-corrected chi connectivity index (χ1v) is 7.02. The van der Waals surface area contributed by atoms with Gasteiger partial charge in [0.25, 0.3) is 0 Å². The van der Waals surface area contributed by atoms with Crippen molar-refractivity contribution in [1.82, 2.24) is 5.32 Å². The van der Waals surface area contributed by atoms with Gasteiger partial charge in [0.05, 0.1) is 6.61 Å². The maximum Gasteiger partial charge on any atom is 0.322 e. The van der Waals surface area contributed by atoms with Gasteiger partial charge in [-0.1, -0.05) is 31.9 Å². The number of aliphatic carboxylic acids is 1. The SMILES string of the molecule is CCCCCOc1cccc(/C=C/C(=O)NCC(=O)O)c1. The molecule has 2 N–H and O–H groups in total. The summed E-state index contributed by atoms with van der Waals surface area (Å²) in [6.45, 7) is 2.44. The van der Waals surface area contributed by atoms with Crippen molar-refractivity contribution in [2.75, 3.05) is 13.2 Å². The van der Waals surface area contributed by atoms with Gasteiger partial charge in [0, 0.05) is 6.08 Å². The van der Waals surface area contributed by atoms with Crippen molar-refractivity contribution in [1.29, 1.82) is 0 Å². The first-order valence-electron chi connectivity index (χ1n) is 7.02. The molecule has 1 aromatic carbocycles. The average Bonchev–Trinajstić information content (AvgIpc) is 2.48. The number of hydrogen-bond donors (Lipinski definition) is 2. The number of nitrogens with one attached hydrogen (secondary N) is 1. The van der Waals surface area contributed by atoms with Crippen LogP contribution in [0, 0.1) is 0 Å². The van der Waals surface area contributed by atoms with Gasteiger partial charge in [-0.15, -0.1) is 0 Å². The largest absolute Gasteiger partial charge is 0.494 e. The maximum atomic E-state index is 11.4. The van der Waals surface area contributed by atoms with Crippen molar-refractivity contribution in [2.24, 2.45) is 0 Å². The van der Waals surface area contributed by atoms with Crippen LogP contribution in [0.4, 0.5) is 0 Å². The Morgan fingerprint density at radius 3 is 2.86 bits per heavy atom. The molecule has 0 heterocycles. The Hall–Kier alpha value is -2.30. The highest BCUT2D eigenvalue weighted by molar-refractivity contribution is 5.93. The number of ether oxygens (including phenoxy) is 1. The van der Waals surface area contributed by atoms with Gasteiger partial charge in [0.1, 0.15) is 12.3 Å². The molecule has 1 aromatic rings. The molecule has 1 rings (SSSR count). The van der Waals surface area contributed by atoms with Gasteiger partial charge in [-0.2, -0.15) is 0 Å². The lowest BCUT2D eigenvalue weighted by atomic mass is 10.2. The fourth-order valence-electron chi connectivity index (χ4n) is 1.64. The highest BCUT2D eigenvalue weighted by Gasteiger charge is 2.00. The molecule has 0 atom stereocenters. The van der Waals surface area contributed by atoms with E-state index in [-0.39, 0.29) is 6.54 Å². The summed E-state index contributed by atoms with van der Waals surface area (Å²) in [6.07, 6.45) is 6.24. The minimum Gasteiger partial charge on any atom is -0.494 e. The molecule has 0 spiro atoms. The molecule has 0 radical (unpaired) electrons. The van der Waals surface area contributed by atoms with Crippen LogP contribution in [0.1, 0.15) is 31.7 Å². The number of unbranched alkanes of at least 4 members (excludes halogenated alkanes) is 2. The summed E-state index contributed by atoms with van der Waals surface area (Å²) in [4.78, 5) is 21.7. The molecule has 0 unspecified atom stereocenters. The Kier molecular flexibility index (Phi) is 7.64. The predicted octanol–water partition coefficient (Wildman–Crippen LogP) is 2.47. The Morgan fingerprint density at radius 1 is 1.33 bits per heavy atom. The third-order valence-corrected chi connectivity index (χ3v) is 2.72. The second-order valence-corrected chi connectivity index (χ2v) is 4.57. The topological polar surface area (TPSA) is 75.6 Å². The minimum atomic E-state index is -1.07. The van der Waals surface area contributed by atoms with E-state index in [0.717, 1.165) is 30.6 Å². The number of carboxylic acid groups (broad SMARTS) is 1.